The van der Waals surface area contributed by atoms with Crippen molar-refractivity contribution in [1.29, 1.82) is 0 Å². The fraction of sp³-hybridized carbons (Fsp3) is 0.478. The van der Waals surface area contributed by atoms with E-state index in [4.69, 9.17) is 14.7 Å². The fourth-order valence-corrected chi connectivity index (χ4v) is 6.36. The molecule has 2 aromatic heterocycles. The summed E-state index contributed by atoms with van der Waals surface area (Å²) in [6, 6.07) is 9.10. The smallest absolute Gasteiger partial charge is 0.162 e. The first kappa shape index (κ1) is 19.6. The van der Waals surface area contributed by atoms with Gasteiger partial charge in [-0.3, -0.25) is 0 Å². The van der Waals surface area contributed by atoms with Gasteiger partial charge in [0.15, 0.2) is 19.9 Å². The molecule has 30 heavy (non-hydrogen) atoms. The van der Waals surface area contributed by atoms with E-state index in [1.165, 1.54) is 10.9 Å². The molecule has 3 aromatic rings. The molecule has 0 bridgehead atoms. The number of anilines is 2. The van der Waals surface area contributed by atoms with Crippen molar-refractivity contribution in [3.8, 4) is 11.4 Å². The highest BCUT2D eigenvalue weighted by atomic mass is 28.3. The van der Waals surface area contributed by atoms with Crippen molar-refractivity contribution < 1.29 is 4.74 Å². The highest BCUT2D eigenvalue weighted by molar-refractivity contribution is 6.79. The number of fused-ring (bicyclic) bond motifs is 4. The van der Waals surface area contributed by atoms with Gasteiger partial charge < -0.3 is 19.2 Å². The Kier molecular flexibility index (Phi) is 4.45. The standard InChI is InChI=1S/C23H31N5OSi/c1-23(2,3)30(4,5)28-10-9-17-18(7-6-8-20(17)28)21-25-14-19-22(26-21)27-11-12-29-15-16(27)13-24-19/h6-10,14,16,24H,11-13,15H2,1-5H3/t16-/m1/s1. The molecule has 0 spiro atoms. The third-order valence-corrected chi connectivity index (χ3v) is 12.5. The molecule has 6 nitrogen and oxygen atoms in total. The van der Waals surface area contributed by atoms with Gasteiger partial charge in [0.1, 0.15) is 0 Å². The molecule has 0 aliphatic carbocycles. The quantitative estimate of drug-likeness (QED) is 0.614. The van der Waals surface area contributed by atoms with Gasteiger partial charge in [0.25, 0.3) is 0 Å². The lowest BCUT2D eigenvalue weighted by atomic mass is 10.1. The largest absolute Gasteiger partial charge is 0.379 e. The van der Waals surface area contributed by atoms with E-state index in [1.807, 2.05) is 6.20 Å². The van der Waals surface area contributed by atoms with Crippen molar-refractivity contribution in [2.45, 2.75) is 44.9 Å². The van der Waals surface area contributed by atoms with Gasteiger partial charge in [0, 0.05) is 29.6 Å². The monoisotopic (exact) mass is 421 g/mol. The van der Waals surface area contributed by atoms with Crippen molar-refractivity contribution in [3.05, 3.63) is 36.7 Å². The van der Waals surface area contributed by atoms with Gasteiger partial charge in [0.05, 0.1) is 31.1 Å². The summed E-state index contributed by atoms with van der Waals surface area (Å²) in [6.45, 7) is 15.2. The molecule has 0 saturated carbocycles. The van der Waals surface area contributed by atoms with E-state index >= 15 is 0 Å². The van der Waals surface area contributed by atoms with Crippen LogP contribution in [-0.4, -0.2) is 54.8 Å². The highest BCUT2D eigenvalue weighted by Crippen LogP contribution is 2.40. The van der Waals surface area contributed by atoms with Crippen molar-refractivity contribution >= 4 is 30.6 Å². The predicted octanol–water partition coefficient (Wildman–Crippen LogP) is 4.58. The summed E-state index contributed by atoms with van der Waals surface area (Å²) in [7, 11) is -1.72. The van der Waals surface area contributed by atoms with Crippen molar-refractivity contribution in [3.63, 3.8) is 0 Å². The third-order valence-electron chi connectivity index (χ3n) is 7.21. The average Bonchev–Trinajstić information content (AvgIpc) is 3.17. The molecule has 0 unspecified atom stereocenters. The summed E-state index contributed by atoms with van der Waals surface area (Å²) in [5, 5.41) is 4.96. The number of aromatic nitrogens is 3. The van der Waals surface area contributed by atoms with Crippen molar-refractivity contribution in [2.24, 2.45) is 0 Å². The first-order chi connectivity index (χ1) is 14.3. The molecule has 5 rings (SSSR count). The molecule has 1 aromatic carbocycles. The number of rotatable bonds is 2. The van der Waals surface area contributed by atoms with Crippen LogP contribution < -0.4 is 10.2 Å². The summed E-state index contributed by atoms with van der Waals surface area (Å²) in [5.41, 5.74) is 3.40. The minimum Gasteiger partial charge on any atom is -0.379 e. The second kappa shape index (κ2) is 6.82. The zero-order chi connectivity index (χ0) is 21.1. The molecule has 1 fully saturated rings. The molecule has 1 atom stereocenters. The zero-order valence-electron chi connectivity index (χ0n) is 18.6. The van der Waals surface area contributed by atoms with E-state index in [1.54, 1.807) is 0 Å². The lowest BCUT2D eigenvalue weighted by Gasteiger charge is -2.41. The summed E-state index contributed by atoms with van der Waals surface area (Å²) >= 11 is 0. The molecule has 2 aliphatic heterocycles. The second-order valence-corrected chi connectivity index (χ2v) is 15.1. The summed E-state index contributed by atoms with van der Waals surface area (Å²) in [4.78, 5) is 12.2. The molecule has 0 amide bonds. The lowest BCUT2D eigenvalue weighted by molar-refractivity contribution is 0.0959. The van der Waals surface area contributed by atoms with Gasteiger partial charge in [-0.25, -0.2) is 9.97 Å². The lowest BCUT2D eigenvalue weighted by Crippen LogP contribution is -2.52. The van der Waals surface area contributed by atoms with Crippen LogP contribution >= 0.6 is 0 Å². The van der Waals surface area contributed by atoms with E-state index in [-0.39, 0.29) is 5.04 Å². The second-order valence-electron chi connectivity index (χ2n) is 9.97. The number of benzene rings is 1. The number of nitrogens with one attached hydrogen (secondary N) is 1. The molecule has 2 aliphatic rings. The van der Waals surface area contributed by atoms with Gasteiger partial charge in [0.2, 0.25) is 0 Å². The molecule has 7 heteroatoms. The molecule has 1 saturated heterocycles. The number of nitrogens with zero attached hydrogens (tertiary/aromatic N) is 4. The van der Waals surface area contributed by atoms with Gasteiger partial charge >= 0.3 is 0 Å². The number of hydrogen-bond acceptors (Lipinski definition) is 5. The Morgan fingerprint density at radius 3 is 2.83 bits per heavy atom. The van der Waals surface area contributed by atoms with E-state index in [2.05, 4.69) is 78.8 Å². The van der Waals surface area contributed by atoms with Crippen LogP contribution in [-0.2, 0) is 4.74 Å². The predicted molar refractivity (Wildman–Crippen MR) is 126 cm³/mol. The van der Waals surface area contributed by atoms with E-state index in [0.29, 0.717) is 6.04 Å². The Hall–Kier alpha value is -2.38. The van der Waals surface area contributed by atoms with Crippen LogP contribution in [0.15, 0.2) is 36.7 Å². The maximum Gasteiger partial charge on any atom is 0.162 e. The van der Waals surface area contributed by atoms with Crippen LogP contribution in [0.4, 0.5) is 11.5 Å². The Balaban J connectivity index is 1.61. The summed E-state index contributed by atoms with van der Waals surface area (Å²) in [6.07, 6.45) is 4.20. The molecular formula is C23H31N5OSi. The van der Waals surface area contributed by atoms with Gasteiger partial charge in [-0.1, -0.05) is 46.0 Å². The zero-order valence-corrected chi connectivity index (χ0v) is 19.6. The van der Waals surface area contributed by atoms with Gasteiger partial charge in [-0.2, -0.15) is 0 Å². The normalized spacial score (nSPS) is 19.4. The fourth-order valence-electron chi connectivity index (χ4n) is 4.39. The first-order valence-corrected chi connectivity index (χ1v) is 13.8. The van der Waals surface area contributed by atoms with Crippen LogP contribution in [0, 0.1) is 0 Å². The molecule has 0 radical (unpaired) electrons. The minimum absolute atomic E-state index is 0.258. The van der Waals surface area contributed by atoms with Crippen LogP contribution in [0.1, 0.15) is 20.8 Å². The topological polar surface area (TPSA) is 55.2 Å². The number of morpholine rings is 1. The van der Waals surface area contributed by atoms with Crippen LogP contribution in [0.5, 0.6) is 0 Å². The molecule has 1 N–H and O–H groups in total. The molecule has 4 heterocycles. The van der Waals surface area contributed by atoms with E-state index < -0.39 is 8.24 Å². The average molecular weight is 422 g/mol. The SMILES string of the molecule is CC(C)(C)[Si](C)(C)n1ccc2c(-c3ncc4c(n3)N3CCOC[C@H]3CN4)cccc21. The number of ether oxygens (including phenoxy) is 1. The Labute approximate surface area is 179 Å². The third kappa shape index (κ3) is 2.94. The van der Waals surface area contributed by atoms with Crippen LogP contribution in [0.25, 0.3) is 22.3 Å². The van der Waals surface area contributed by atoms with Gasteiger partial charge in [-0.15, -0.1) is 0 Å². The Bertz CT molecular complexity index is 1100. The van der Waals surface area contributed by atoms with Crippen LogP contribution in [0.3, 0.4) is 0 Å². The van der Waals surface area contributed by atoms with Crippen molar-refractivity contribution in [2.75, 3.05) is 36.5 Å². The van der Waals surface area contributed by atoms with E-state index in [9.17, 15) is 0 Å². The maximum absolute atomic E-state index is 5.66. The van der Waals surface area contributed by atoms with Gasteiger partial charge in [-0.05, 0) is 23.4 Å². The summed E-state index contributed by atoms with van der Waals surface area (Å²) < 4.78 is 8.20. The highest BCUT2D eigenvalue weighted by Gasteiger charge is 2.38. The molecule has 158 valence electrons. The van der Waals surface area contributed by atoms with Crippen molar-refractivity contribution in [1.82, 2.24) is 14.2 Å². The summed E-state index contributed by atoms with van der Waals surface area (Å²) in [5.74, 6) is 1.79. The minimum atomic E-state index is -1.72. The maximum atomic E-state index is 5.66. The Morgan fingerprint density at radius 2 is 2.03 bits per heavy atom. The number of hydrogen-bond donors (Lipinski definition) is 1. The first-order valence-electron chi connectivity index (χ1n) is 10.8. The van der Waals surface area contributed by atoms with Crippen LogP contribution in [0.2, 0.25) is 18.1 Å². The van der Waals surface area contributed by atoms with E-state index in [0.717, 1.165) is 49.2 Å². The Morgan fingerprint density at radius 1 is 1.20 bits per heavy atom. The molecular weight excluding hydrogens is 390 g/mol.